The van der Waals surface area contributed by atoms with Crippen molar-refractivity contribution in [3.05, 3.63) is 0 Å². The molecule has 0 bridgehead atoms. The first-order valence-electron chi connectivity index (χ1n) is 8.81. The van der Waals surface area contributed by atoms with Gasteiger partial charge >= 0.3 is 5.97 Å². The van der Waals surface area contributed by atoms with E-state index in [0.29, 0.717) is 5.75 Å². The van der Waals surface area contributed by atoms with Crippen molar-refractivity contribution in [2.75, 3.05) is 18.6 Å². The van der Waals surface area contributed by atoms with Gasteiger partial charge in [-0.25, -0.2) is 4.79 Å². The van der Waals surface area contributed by atoms with Gasteiger partial charge in [0.25, 0.3) is 0 Å². The summed E-state index contributed by atoms with van der Waals surface area (Å²) in [5, 5.41) is 44.0. The van der Waals surface area contributed by atoms with E-state index in [1.807, 2.05) is 5.32 Å². The third kappa shape index (κ3) is 9.41. The minimum Gasteiger partial charge on any atom is -0.480 e. The third-order valence-corrected chi connectivity index (χ3v) is 4.53. The molecule has 0 aliphatic rings. The van der Waals surface area contributed by atoms with Crippen LogP contribution in [0.1, 0.15) is 20.3 Å². The Balaban J connectivity index is 5.32. The predicted octanol–water partition coefficient (Wildman–Crippen LogP) is -3.64. The van der Waals surface area contributed by atoms with E-state index in [1.54, 1.807) is 6.26 Å². The van der Waals surface area contributed by atoms with Crippen molar-refractivity contribution in [3.8, 4) is 0 Å². The first-order chi connectivity index (χ1) is 13.5. The Morgan fingerprint density at radius 2 is 1.45 bits per heavy atom. The molecule has 0 heterocycles. The number of aliphatic hydroxyl groups is 3. The van der Waals surface area contributed by atoms with Gasteiger partial charge in [0.2, 0.25) is 17.7 Å². The number of carboxylic acids is 1. The van der Waals surface area contributed by atoms with Gasteiger partial charge in [0.05, 0.1) is 18.8 Å². The van der Waals surface area contributed by atoms with Crippen LogP contribution in [0.4, 0.5) is 0 Å². The standard InChI is InChI=1S/C16H30N4O8S/c1-7(22)11(15(26)20-12(8(2)23)16(27)28)19-14(25)10(4-5-29-3)18-13(24)9(17)6-21/h7-12,21-23H,4-6,17H2,1-3H3,(H,18,24)(H,19,25)(H,20,26)(H,27,28). The van der Waals surface area contributed by atoms with E-state index in [1.165, 1.54) is 18.7 Å². The van der Waals surface area contributed by atoms with Gasteiger partial charge in [-0.15, -0.1) is 0 Å². The number of amides is 3. The lowest BCUT2D eigenvalue weighted by Gasteiger charge is -2.27. The van der Waals surface area contributed by atoms with Crippen LogP contribution in [0.25, 0.3) is 0 Å². The number of aliphatic hydroxyl groups excluding tert-OH is 3. The molecule has 0 aromatic rings. The van der Waals surface area contributed by atoms with E-state index in [2.05, 4.69) is 10.6 Å². The number of thioether (sulfide) groups is 1. The van der Waals surface area contributed by atoms with Gasteiger partial charge in [-0.3, -0.25) is 14.4 Å². The molecule has 0 aliphatic heterocycles. The molecule has 29 heavy (non-hydrogen) atoms. The smallest absolute Gasteiger partial charge is 0.328 e. The number of carboxylic acid groups (broad SMARTS) is 1. The van der Waals surface area contributed by atoms with Crippen LogP contribution in [0.5, 0.6) is 0 Å². The molecule has 0 aromatic heterocycles. The van der Waals surface area contributed by atoms with E-state index in [-0.39, 0.29) is 6.42 Å². The van der Waals surface area contributed by atoms with Gasteiger partial charge < -0.3 is 42.1 Å². The van der Waals surface area contributed by atoms with Crippen LogP contribution >= 0.6 is 11.8 Å². The normalized spacial score (nSPS) is 17.2. The fourth-order valence-corrected chi connectivity index (χ4v) is 2.63. The minimum absolute atomic E-state index is 0.177. The van der Waals surface area contributed by atoms with Crippen LogP contribution in [0.3, 0.4) is 0 Å². The van der Waals surface area contributed by atoms with Gasteiger partial charge in [0.1, 0.15) is 18.1 Å². The van der Waals surface area contributed by atoms with Crippen molar-refractivity contribution >= 4 is 35.5 Å². The predicted molar refractivity (Wildman–Crippen MR) is 105 cm³/mol. The second-order valence-electron chi connectivity index (χ2n) is 6.42. The highest BCUT2D eigenvalue weighted by Crippen LogP contribution is 2.04. The van der Waals surface area contributed by atoms with Gasteiger partial charge in [0, 0.05) is 0 Å². The summed E-state index contributed by atoms with van der Waals surface area (Å²) in [5.74, 6) is -3.62. The Labute approximate surface area is 172 Å². The summed E-state index contributed by atoms with van der Waals surface area (Å²) < 4.78 is 0. The Hall–Kier alpha value is -1.93. The molecule has 168 valence electrons. The average molecular weight is 439 g/mol. The molecule has 13 heteroatoms. The molecule has 0 rings (SSSR count). The van der Waals surface area contributed by atoms with Crippen LogP contribution in [0.2, 0.25) is 0 Å². The lowest BCUT2D eigenvalue weighted by molar-refractivity contribution is -0.146. The summed E-state index contributed by atoms with van der Waals surface area (Å²) in [5.41, 5.74) is 5.42. The number of carbonyl (C=O) groups is 4. The first kappa shape index (κ1) is 27.1. The second-order valence-corrected chi connectivity index (χ2v) is 7.41. The molecule has 12 nitrogen and oxygen atoms in total. The van der Waals surface area contributed by atoms with Crippen LogP contribution in [-0.4, -0.2) is 99.1 Å². The number of nitrogens with one attached hydrogen (secondary N) is 3. The van der Waals surface area contributed by atoms with Crippen LogP contribution in [-0.2, 0) is 19.2 Å². The van der Waals surface area contributed by atoms with Crippen LogP contribution in [0.15, 0.2) is 0 Å². The lowest BCUT2D eigenvalue weighted by Crippen LogP contribution is -2.61. The van der Waals surface area contributed by atoms with Crippen molar-refractivity contribution in [2.24, 2.45) is 5.73 Å². The number of rotatable bonds is 13. The molecule has 9 N–H and O–H groups in total. The molecule has 0 aliphatic carbocycles. The van der Waals surface area contributed by atoms with Crippen molar-refractivity contribution < 1.29 is 39.6 Å². The fraction of sp³-hybridized carbons (Fsp3) is 0.750. The molecule has 0 radical (unpaired) electrons. The number of hydrogen-bond donors (Lipinski definition) is 8. The zero-order valence-corrected chi connectivity index (χ0v) is 17.3. The summed E-state index contributed by atoms with van der Waals surface area (Å²) in [4.78, 5) is 47.9. The Morgan fingerprint density at radius 1 is 0.931 bits per heavy atom. The van der Waals surface area contributed by atoms with E-state index in [0.717, 1.165) is 6.92 Å². The molecule has 3 amide bonds. The van der Waals surface area contributed by atoms with Crippen molar-refractivity contribution in [1.29, 1.82) is 0 Å². The maximum absolute atomic E-state index is 12.6. The van der Waals surface area contributed by atoms with E-state index in [9.17, 15) is 29.4 Å². The highest BCUT2D eigenvalue weighted by atomic mass is 32.2. The summed E-state index contributed by atoms with van der Waals surface area (Å²) in [7, 11) is 0. The maximum Gasteiger partial charge on any atom is 0.328 e. The van der Waals surface area contributed by atoms with E-state index < -0.39 is 66.7 Å². The van der Waals surface area contributed by atoms with Gasteiger partial charge in [-0.2, -0.15) is 11.8 Å². The Kier molecular flexibility index (Phi) is 12.4. The zero-order chi connectivity index (χ0) is 22.7. The molecule has 6 atom stereocenters. The number of carbonyl (C=O) groups excluding carboxylic acids is 3. The quantitative estimate of drug-likeness (QED) is 0.141. The molecular weight excluding hydrogens is 408 g/mol. The summed E-state index contributed by atoms with van der Waals surface area (Å²) >= 11 is 1.40. The van der Waals surface area contributed by atoms with Crippen molar-refractivity contribution in [1.82, 2.24) is 16.0 Å². The van der Waals surface area contributed by atoms with Crippen LogP contribution < -0.4 is 21.7 Å². The summed E-state index contributed by atoms with van der Waals surface area (Å²) in [6.45, 7) is 1.74. The monoisotopic (exact) mass is 438 g/mol. The Bertz CT molecular complexity index is 575. The molecular formula is C16H30N4O8S. The van der Waals surface area contributed by atoms with E-state index >= 15 is 0 Å². The van der Waals surface area contributed by atoms with Gasteiger partial charge in [0.15, 0.2) is 6.04 Å². The molecule has 0 fully saturated rings. The number of hydrogen-bond acceptors (Lipinski definition) is 9. The summed E-state index contributed by atoms with van der Waals surface area (Å²) in [6, 6.07) is -5.52. The second kappa shape index (κ2) is 13.3. The zero-order valence-electron chi connectivity index (χ0n) is 16.5. The van der Waals surface area contributed by atoms with Crippen molar-refractivity contribution in [3.63, 3.8) is 0 Å². The maximum atomic E-state index is 12.6. The van der Waals surface area contributed by atoms with Gasteiger partial charge in [-0.1, -0.05) is 0 Å². The molecule has 0 saturated heterocycles. The highest BCUT2D eigenvalue weighted by molar-refractivity contribution is 7.98. The molecule has 0 spiro atoms. The number of aliphatic carboxylic acids is 1. The third-order valence-electron chi connectivity index (χ3n) is 3.89. The molecule has 0 saturated carbocycles. The Morgan fingerprint density at radius 3 is 1.86 bits per heavy atom. The molecule has 6 unspecified atom stereocenters. The SMILES string of the molecule is CSCCC(NC(=O)C(N)CO)C(=O)NC(C(=O)NC(C(=O)O)C(C)O)C(C)O. The summed E-state index contributed by atoms with van der Waals surface area (Å²) in [6.07, 6.45) is -0.865. The minimum atomic E-state index is -1.64. The topological polar surface area (TPSA) is 211 Å². The lowest BCUT2D eigenvalue weighted by atomic mass is 10.1. The fourth-order valence-electron chi connectivity index (χ4n) is 2.16. The highest BCUT2D eigenvalue weighted by Gasteiger charge is 2.33. The molecule has 0 aromatic carbocycles. The number of nitrogens with two attached hydrogens (primary N) is 1. The first-order valence-corrected chi connectivity index (χ1v) is 10.2. The van der Waals surface area contributed by atoms with E-state index in [4.69, 9.17) is 15.9 Å². The average Bonchev–Trinajstić information content (AvgIpc) is 2.65. The van der Waals surface area contributed by atoms with Gasteiger partial charge in [-0.05, 0) is 32.3 Å². The largest absolute Gasteiger partial charge is 0.480 e. The van der Waals surface area contributed by atoms with Crippen LogP contribution in [0, 0.1) is 0 Å². The van der Waals surface area contributed by atoms with Crippen molar-refractivity contribution in [2.45, 2.75) is 56.6 Å².